The lowest BCUT2D eigenvalue weighted by molar-refractivity contribution is 0.111. The zero-order chi connectivity index (χ0) is 23.1. The third-order valence-electron chi connectivity index (χ3n) is 5.88. The Morgan fingerprint density at radius 3 is 2.31 bits per heavy atom. The number of methoxy groups -OCH3 is 2. The van der Waals surface area contributed by atoms with E-state index in [1.807, 2.05) is 20.2 Å². The highest BCUT2D eigenvalue weighted by molar-refractivity contribution is 5.91. The van der Waals surface area contributed by atoms with Gasteiger partial charge in [0.1, 0.15) is 0 Å². The van der Waals surface area contributed by atoms with Crippen LogP contribution in [0.3, 0.4) is 0 Å². The van der Waals surface area contributed by atoms with Crippen molar-refractivity contribution in [2.24, 2.45) is 0 Å². The van der Waals surface area contributed by atoms with E-state index in [0.29, 0.717) is 23.7 Å². The van der Waals surface area contributed by atoms with Crippen LogP contribution in [0.5, 0.6) is 11.5 Å². The van der Waals surface area contributed by atoms with E-state index in [2.05, 4.69) is 56.6 Å². The van der Waals surface area contributed by atoms with Crippen molar-refractivity contribution in [1.82, 2.24) is 15.1 Å². The molecule has 1 aliphatic heterocycles. The number of hydrogen-bond acceptors (Lipinski definition) is 6. The van der Waals surface area contributed by atoms with Crippen LogP contribution < -0.4 is 25.0 Å². The lowest BCUT2D eigenvalue weighted by atomic mass is 10.0. The molecule has 32 heavy (non-hydrogen) atoms. The molecule has 1 heterocycles. The number of carbonyl (C=O) groups is 1. The van der Waals surface area contributed by atoms with E-state index in [0.717, 1.165) is 31.9 Å². The van der Waals surface area contributed by atoms with Gasteiger partial charge in [-0.15, -0.1) is 0 Å². The molecule has 1 atom stereocenters. The molecule has 0 saturated carbocycles. The van der Waals surface area contributed by atoms with Gasteiger partial charge in [-0.05, 0) is 36.9 Å². The number of piperazine rings is 1. The normalized spacial score (nSPS) is 15.7. The smallest absolute Gasteiger partial charge is 0.319 e. The molecule has 3 rings (SSSR count). The van der Waals surface area contributed by atoms with Gasteiger partial charge in [-0.25, -0.2) is 4.79 Å². The molecule has 1 fully saturated rings. The molecule has 8 nitrogen and oxygen atoms in total. The first-order valence-corrected chi connectivity index (χ1v) is 10.9. The van der Waals surface area contributed by atoms with E-state index < -0.39 is 0 Å². The Hall–Kier alpha value is -2.97. The minimum atomic E-state index is -0.277. The highest BCUT2D eigenvalue weighted by Gasteiger charge is 2.25. The third-order valence-corrected chi connectivity index (χ3v) is 5.88. The maximum Gasteiger partial charge on any atom is 0.319 e. The summed E-state index contributed by atoms with van der Waals surface area (Å²) >= 11 is 0. The predicted octanol–water partition coefficient (Wildman–Crippen LogP) is 2.88. The van der Waals surface area contributed by atoms with Gasteiger partial charge in [0.15, 0.2) is 11.5 Å². The number of carbonyl (C=O) groups excluding carboxylic acids is 1. The van der Waals surface area contributed by atoms with Crippen molar-refractivity contribution in [3.8, 4) is 11.5 Å². The molecule has 0 radical (unpaired) electrons. The molecule has 0 spiro atoms. The topological polar surface area (TPSA) is 69.3 Å². The first-order valence-electron chi connectivity index (χ1n) is 10.9. The van der Waals surface area contributed by atoms with Crippen molar-refractivity contribution in [3.63, 3.8) is 0 Å². The molecular formula is C24H35N5O3. The zero-order valence-electron chi connectivity index (χ0n) is 19.7. The molecule has 0 aromatic heterocycles. The monoisotopic (exact) mass is 441 g/mol. The number of ether oxygens (including phenoxy) is 2. The minimum Gasteiger partial charge on any atom is -0.493 e. The predicted molar refractivity (Wildman–Crippen MR) is 129 cm³/mol. The molecule has 1 aliphatic rings. The number of benzene rings is 2. The summed E-state index contributed by atoms with van der Waals surface area (Å²) in [6, 6.07) is 13.8. The average Bonchev–Trinajstić information content (AvgIpc) is 2.80. The molecule has 174 valence electrons. The van der Waals surface area contributed by atoms with Gasteiger partial charge in [-0.2, -0.15) is 0 Å². The second kappa shape index (κ2) is 11.1. The van der Waals surface area contributed by atoms with Crippen molar-refractivity contribution in [3.05, 3.63) is 48.0 Å². The Balaban J connectivity index is 1.71. The van der Waals surface area contributed by atoms with E-state index in [9.17, 15) is 4.79 Å². The van der Waals surface area contributed by atoms with Crippen molar-refractivity contribution in [2.45, 2.75) is 6.04 Å². The van der Waals surface area contributed by atoms with Crippen LogP contribution in [0.4, 0.5) is 16.2 Å². The summed E-state index contributed by atoms with van der Waals surface area (Å²) in [6.07, 6.45) is 0. The molecular weight excluding hydrogens is 406 g/mol. The summed E-state index contributed by atoms with van der Waals surface area (Å²) < 4.78 is 10.7. The zero-order valence-corrected chi connectivity index (χ0v) is 19.7. The second-order valence-electron chi connectivity index (χ2n) is 8.22. The van der Waals surface area contributed by atoms with Gasteiger partial charge < -0.3 is 29.9 Å². The first kappa shape index (κ1) is 23.7. The van der Waals surface area contributed by atoms with E-state index >= 15 is 0 Å². The minimum absolute atomic E-state index is 0.0952. The number of urea groups is 1. The van der Waals surface area contributed by atoms with Gasteiger partial charge >= 0.3 is 6.03 Å². The molecule has 0 bridgehead atoms. The summed E-state index contributed by atoms with van der Waals surface area (Å²) in [5.74, 6) is 1.07. The largest absolute Gasteiger partial charge is 0.493 e. The van der Waals surface area contributed by atoms with Crippen LogP contribution in [0.1, 0.15) is 11.6 Å². The number of para-hydroxylation sites is 1. The second-order valence-corrected chi connectivity index (χ2v) is 8.22. The standard InChI is InChI=1S/C24H35N5O3/c1-27(2)19-11-9-18(10-12-19)21(29-15-13-28(3)14-16-29)17-25-24(30)26-20-7-6-8-22(31-4)23(20)32-5/h6-12,21H,13-17H2,1-5H3,(H2,25,26,30)/t21-/m1/s1. The molecule has 2 aromatic rings. The molecule has 0 unspecified atom stereocenters. The molecule has 2 amide bonds. The quantitative estimate of drug-likeness (QED) is 0.657. The third kappa shape index (κ3) is 5.83. The van der Waals surface area contributed by atoms with Crippen LogP contribution >= 0.6 is 0 Å². The Morgan fingerprint density at radius 2 is 1.72 bits per heavy atom. The lowest BCUT2D eigenvalue weighted by Gasteiger charge is -2.38. The number of likely N-dealkylation sites (N-methyl/N-ethyl adjacent to an activating group) is 1. The van der Waals surface area contributed by atoms with Crippen molar-refractivity contribution in [1.29, 1.82) is 0 Å². The Morgan fingerprint density at radius 1 is 1.03 bits per heavy atom. The molecule has 2 N–H and O–H groups in total. The van der Waals surface area contributed by atoms with Gasteiger partial charge in [0.2, 0.25) is 0 Å². The molecule has 2 aromatic carbocycles. The van der Waals surface area contributed by atoms with E-state index in [1.54, 1.807) is 26.4 Å². The van der Waals surface area contributed by atoms with Crippen molar-refractivity contribution < 1.29 is 14.3 Å². The maximum atomic E-state index is 12.7. The van der Waals surface area contributed by atoms with Gasteiger partial charge in [-0.3, -0.25) is 4.90 Å². The molecule has 0 aliphatic carbocycles. The number of amides is 2. The van der Waals surface area contributed by atoms with Crippen molar-refractivity contribution >= 4 is 17.4 Å². The van der Waals surface area contributed by atoms with Gasteiger partial charge in [0, 0.05) is 52.5 Å². The van der Waals surface area contributed by atoms with Crippen LogP contribution in [0.2, 0.25) is 0 Å². The summed E-state index contributed by atoms with van der Waals surface area (Å²) in [5, 5.41) is 5.94. The van der Waals surface area contributed by atoms with Crippen LogP contribution in [0.25, 0.3) is 0 Å². The van der Waals surface area contributed by atoms with Crippen LogP contribution in [-0.2, 0) is 0 Å². The Labute approximate surface area is 191 Å². The van der Waals surface area contributed by atoms with E-state index in [4.69, 9.17) is 9.47 Å². The van der Waals surface area contributed by atoms with Crippen LogP contribution in [0.15, 0.2) is 42.5 Å². The number of anilines is 2. The Bertz CT molecular complexity index is 880. The fourth-order valence-electron chi connectivity index (χ4n) is 3.93. The molecule has 8 heteroatoms. The number of nitrogens with one attached hydrogen (secondary N) is 2. The van der Waals surface area contributed by atoms with Crippen molar-refractivity contribution in [2.75, 3.05) is 78.3 Å². The Kier molecular flexibility index (Phi) is 8.19. The summed E-state index contributed by atoms with van der Waals surface area (Å²) in [4.78, 5) is 19.6. The SMILES string of the molecule is COc1cccc(NC(=O)NC[C@H](c2ccc(N(C)C)cc2)N2CCN(C)CC2)c1OC. The maximum absolute atomic E-state index is 12.7. The summed E-state index contributed by atoms with van der Waals surface area (Å²) in [7, 11) is 9.34. The molecule has 1 saturated heterocycles. The van der Waals surface area contributed by atoms with E-state index in [1.165, 1.54) is 5.56 Å². The highest BCUT2D eigenvalue weighted by atomic mass is 16.5. The first-order chi connectivity index (χ1) is 15.4. The number of rotatable bonds is 8. The van der Waals surface area contributed by atoms with Crippen LogP contribution in [-0.4, -0.2) is 83.9 Å². The van der Waals surface area contributed by atoms with Gasteiger partial charge in [0.05, 0.1) is 25.9 Å². The summed E-state index contributed by atoms with van der Waals surface area (Å²) in [5.41, 5.74) is 2.91. The van der Waals surface area contributed by atoms with E-state index in [-0.39, 0.29) is 12.1 Å². The van der Waals surface area contributed by atoms with Gasteiger partial charge in [-0.1, -0.05) is 18.2 Å². The van der Waals surface area contributed by atoms with Crippen LogP contribution in [0, 0.1) is 0 Å². The lowest BCUT2D eigenvalue weighted by Crippen LogP contribution is -2.48. The number of nitrogens with zero attached hydrogens (tertiary/aromatic N) is 3. The van der Waals surface area contributed by atoms with Gasteiger partial charge in [0.25, 0.3) is 0 Å². The summed E-state index contributed by atoms with van der Waals surface area (Å²) in [6.45, 7) is 4.45. The number of hydrogen-bond donors (Lipinski definition) is 2. The fraction of sp³-hybridized carbons (Fsp3) is 0.458. The average molecular weight is 442 g/mol. The highest BCUT2D eigenvalue weighted by Crippen LogP contribution is 2.34. The fourth-order valence-corrected chi connectivity index (χ4v) is 3.93.